The summed E-state index contributed by atoms with van der Waals surface area (Å²) >= 11 is 0. The van der Waals surface area contributed by atoms with E-state index in [1.807, 2.05) is 4.52 Å². The second kappa shape index (κ2) is 17.8. The number of anilines is 1. The first kappa shape index (κ1) is 38.1. The zero-order chi connectivity index (χ0) is 35.6. The standard InChI is InChI=1S/C40H62N8O/c1-10-15-17-30(12-3)26-47(27-31(13-4)18-16-11-2)36(49)28-46(14-5)33-20-19-32(29(6)23-33)24-34-37(40(7,8)9)45-48-38(34)43-44-39(48)35-25-41-21-22-42-35/h19-23,25,30-31,45H,10-18,24,26-28H2,1-9H3. The summed E-state index contributed by atoms with van der Waals surface area (Å²) in [6.07, 6.45) is 15.3. The van der Waals surface area contributed by atoms with Crippen LogP contribution in [0.2, 0.25) is 0 Å². The molecule has 0 aliphatic carbocycles. The molecule has 1 N–H and O–H groups in total. The Morgan fingerprint density at radius 1 is 0.939 bits per heavy atom. The van der Waals surface area contributed by atoms with Gasteiger partial charge < -0.3 is 9.80 Å². The number of likely N-dealkylation sites (N-methyl/N-ethyl adjacent to an activating group) is 1. The zero-order valence-corrected chi connectivity index (χ0v) is 31.8. The molecule has 4 aromatic rings. The average molecular weight is 671 g/mol. The predicted octanol–water partition coefficient (Wildman–Crippen LogP) is 8.80. The number of aromatic amines is 1. The first-order valence-electron chi connectivity index (χ1n) is 18.9. The highest BCUT2D eigenvalue weighted by molar-refractivity contribution is 5.81. The van der Waals surface area contributed by atoms with E-state index in [2.05, 4.69) is 116 Å². The molecule has 2 unspecified atom stereocenters. The Labute approximate surface area is 295 Å². The van der Waals surface area contributed by atoms with Gasteiger partial charge in [-0.05, 0) is 61.8 Å². The number of H-pyrrole nitrogens is 1. The quantitative estimate of drug-likeness (QED) is 0.107. The van der Waals surface area contributed by atoms with E-state index in [4.69, 9.17) is 0 Å². The molecule has 0 aliphatic heterocycles. The molecule has 3 heterocycles. The lowest BCUT2D eigenvalue weighted by atomic mass is 9.87. The molecule has 0 fully saturated rings. The molecule has 0 bridgehead atoms. The van der Waals surface area contributed by atoms with Gasteiger partial charge in [0.15, 0.2) is 5.65 Å². The number of nitrogens with zero attached hydrogens (tertiary/aromatic N) is 7. The van der Waals surface area contributed by atoms with E-state index >= 15 is 0 Å². The summed E-state index contributed by atoms with van der Waals surface area (Å²) in [5.41, 5.74) is 7.13. The van der Waals surface area contributed by atoms with Crippen molar-refractivity contribution in [1.82, 2.24) is 34.7 Å². The van der Waals surface area contributed by atoms with E-state index in [0.29, 0.717) is 29.9 Å². The molecular weight excluding hydrogens is 608 g/mol. The van der Waals surface area contributed by atoms with Crippen LogP contribution in [0.4, 0.5) is 5.69 Å². The second-order valence-corrected chi connectivity index (χ2v) is 14.9. The third-order valence-electron chi connectivity index (χ3n) is 10.2. The minimum absolute atomic E-state index is 0.130. The highest BCUT2D eigenvalue weighted by atomic mass is 16.2. The van der Waals surface area contributed by atoms with Gasteiger partial charge in [-0.15, -0.1) is 10.2 Å². The summed E-state index contributed by atoms with van der Waals surface area (Å²) in [5.74, 6) is 2.02. The van der Waals surface area contributed by atoms with Crippen LogP contribution in [0, 0.1) is 18.8 Å². The van der Waals surface area contributed by atoms with Gasteiger partial charge in [-0.3, -0.25) is 14.9 Å². The van der Waals surface area contributed by atoms with Crippen LogP contribution in [0.15, 0.2) is 36.8 Å². The summed E-state index contributed by atoms with van der Waals surface area (Å²) in [6, 6.07) is 6.66. The van der Waals surface area contributed by atoms with Crippen molar-refractivity contribution in [2.24, 2.45) is 11.8 Å². The maximum atomic E-state index is 14.1. The molecule has 49 heavy (non-hydrogen) atoms. The zero-order valence-electron chi connectivity index (χ0n) is 31.8. The molecule has 3 aromatic heterocycles. The number of fused-ring (bicyclic) bond motifs is 1. The normalized spacial score (nSPS) is 13.2. The smallest absolute Gasteiger partial charge is 0.242 e. The third-order valence-corrected chi connectivity index (χ3v) is 10.2. The van der Waals surface area contributed by atoms with Crippen molar-refractivity contribution in [2.75, 3.05) is 31.1 Å². The molecule has 0 spiro atoms. The van der Waals surface area contributed by atoms with Crippen molar-refractivity contribution < 1.29 is 4.79 Å². The molecule has 0 aliphatic rings. The minimum Gasteiger partial charge on any atom is -0.362 e. The van der Waals surface area contributed by atoms with Gasteiger partial charge in [0.2, 0.25) is 11.7 Å². The van der Waals surface area contributed by atoms with Gasteiger partial charge in [-0.1, -0.05) is 93.1 Å². The third kappa shape index (κ3) is 9.70. The van der Waals surface area contributed by atoms with Gasteiger partial charge in [-0.2, -0.15) is 0 Å². The van der Waals surface area contributed by atoms with Gasteiger partial charge in [0.1, 0.15) is 5.69 Å². The Bertz CT molecular complexity index is 1580. The van der Waals surface area contributed by atoms with Crippen LogP contribution in [0.3, 0.4) is 0 Å². The predicted molar refractivity (Wildman–Crippen MR) is 202 cm³/mol. The van der Waals surface area contributed by atoms with Gasteiger partial charge >= 0.3 is 0 Å². The van der Waals surface area contributed by atoms with Gasteiger partial charge in [0, 0.05) is 60.8 Å². The number of benzene rings is 1. The first-order valence-corrected chi connectivity index (χ1v) is 18.9. The van der Waals surface area contributed by atoms with E-state index in [0.717, 1.165) is 61.5 Å². The van der Waals surface area contributed by atoms with E-state index in [1.54, 1.807) is 18.6 Å². The summed E-state index contributed by atoms with van der Waals surface area (Å²) in [7, 11) is 0. The van der Waals surface area contributed by atoms with Crippen LogP contribution in [0.1, 0.15) is 129 Å². The first-order chi connectivity index (χ1) is 23.5. The molecule has 2 atom stereocenters. The SMILES string of the molecule is CCCCC(CC)CN(CC(CC)CCCC)C(=O)CN(CC)c1ccc(Cc2c(C(C)(C)C)[nH]n3c(-c4cnccn4)nnc23)c(C)c1. The average Bonchev–Trinajstić information content (AvgIpc) is 3.68. The van der Waals surface area contributed by atoms with Crippen molar-refractivity contribution in [3.05, 3.63) is 59.2 Å². The molecule has 9 heteroatoms. The highest BCUT2D eigenvalue weighted by Gasteiger charge is 2.27. The number of aromatic nitrogens is 6. The van der Waals surface area contributed by atoms with Crippen molar-refractivity contribution in [3.63, 3.8) is 0 Å². The number of amides is 1. The van der Waals surface area contributed by atoms with Crippen LogP contribution in [0.25, 0.3) is 17.2 Å². The van der Waals surface area contributed by atoms with Crippen LogP contribution in [-0.4, -0.2) is 66.8 Å². The maximum absolute atomic E-state index is 14.1. The molecular formula is C40H62N8O. The number of hydrogen-bond acceptors (Lipinski definition) is 6. The van der Waals surface area contributed by atoms with Crippen LogP contribution < -0.4 is 4.90 Å². The number of hydrogen-bond donors (Lipinski definition) is 1. The van der Waals surface area contributed by atoms with Crippen molar-refractivity contribution >= 4 is 17.2 Å². The Morgan fingerprint density at radius 2 is 1.61 bits per heavy atom. The van der Waals surface area contributed by atoms with Crippen LogP contribution in [-0.2, 0) is 16.6 Å². The number of nitrogens with one attached hydrogen (secondary N) is 1. The Kier molecular flexibility index (Phi) is 13.8. The van der Waals surface area contributed by atoms with Crippen LogP contribution >= 0.6 is 0 Å². The monoisotopic (exact) mass is 671 g/mol. The minimum atomic E-state index is -0.130. The fourth-order valence-corrected chi connectivity index (χ4v) is 6.90. The number of rotatable bonds is 19. The number of carbonyl (C=O) groups excluding carboxylic acids is 1. The Balaban J connectivity index is 1.57. The number of unbranched alkanes of at least 4 members (excludes halogenated alkanes) is 2. The molecule has 0 saturated heterocycles. The topological polar surface area (TPSA) is 95.3 Å². The molecule has 1 aromatic carbocycles. The molecule has 0 radical (unpaired) electrons. The summed E-state index contributed by atoms with van der Waals surface area (Å²) in [6.45, 7) is 23.0. The lowest BCUT2D eigenvalue weighted by molar-refractivity contribution is -0.131. The van der Waals surface area contributed by atoms with E-state index in [1.165, 1.54) is 49.7 Å². The molecule has 9 nitrogen and oxygen atoms in total. The number of carbonyl (C=O) groups is 1. The van der Waals surface area contributed by atoms with E-state index in [-0.39, 0.29) is 11.3 Å². The molecule has 4 rings (SSSR count). The van der Waals surface area contributed by atoms with Crippen molar-refractivity contribution in [2.45, 2.75) is 126 Å². The molecule has 1 amide bonds. The Morgan fingerprint density at radius 3 is 2.14 bits per heavy atom. The van der Waals surface area contributed by atoms with Crippen LogP contribution in [0.5, 0.6) is 0 Å². The maximum Gasteiger partial charge on any atom is 0.242 e. The Hall–Kier alpha value is -3.75. The fourth-order valence-electron chi connectivity index (χ4n) is 6.90. The fraction of sp³-hybridized carbons (Fsp3) is 0.625. The van der Waals surface area contributed by atoms with Gasteiger partial charge in [0.05, 0.1) is 12.7 Å². The van der Waals surface area contributed by atoms with E-state index in [9.17, 15) is 4.79 Å². The summed E-state index contributed by atoms with van der Waals surface area (Å²) in [5, 5.41) is 12.7. The molecule has 268 valence electrons. The van der Waals surface area contributed by atoms with E-state index < -0.39 is 0 Å². The van der Waals surface area contributed by atoms with Gasteiger partial charge in [-0.25, -0.2) is 9.50 Å². The largest absolute Gasteiger partial charge is 0.362 e. The lowest BCUT2D eigenvalue weighted by Gasteiger charge is -2.33. The van der Waals surface area contributed by atoms with Gasteiger partial charge in [0.25, 0.3) is 0 Å². The lowest BCUT2D eigenvalue weighted by Crippen LogP contribution is -2.44. The number of aryl methyl sites for hydroxylation is 1. The highest BCUT2D eigenvalue weighted by Crippen LogP contribution is 2.32. The molecule has 0 saturated carbocycles. The van der Waals surface area contributed by atoms with Crippen molar-refractivity contribution in [3.8, 4) is 11.5 Å². The second-order valence-electron chi connectivity index (χ2n) is 14.9. The summed E-state index contributed by atoms with van der Waals surface area (Å²) < 4.78 is 1.94. The van der Waals surface area contributed by atoms with Crippen molar-refractivity contribution in [1.29, 1.82) is 0 Å². The summed E-state index contributed by atoms with van der Waals surface area (Å²) in [4.78, 5) is 27.3.